The van der Waals surface area contributed by atoms with Gasteiger partial charge < -0.3 is 15.0 Å². The number of anilines is 1. The molecule has 1 fully saturated rings. The number of amides is 2. The van der Waals surface area contributed by atoms with Crippen molar-refractivity contribution in [1.29, 1.82) is 0 Å². The molecule has 1 N–H and O–H groups in total. The molecule has 0 unspecified atom stereocenters. The number of para-hydroxylation sites is 1. The fraction of sp³-hybridized carbons (Fsp3) is 0.200. The van der Waals surface area contributed by atoms with Gasteiger partial charge in [-0.3, -0.25) is 9.59 Å². The first-order valence-corrected chi connectivity index (χ1v) is 8.89. The molecule has 4 rings (SSSR count). The average molecular weight is 377 g/mol. The highest BCUT2D eigenvalue weighted by Gasteiger charge is 2.40. The molecule has 2 atom stereocenters. The number of carbonyl (C=O) groups is 2. The number of rotatable bonds is 5. The number of fused-ring (bicyclic) bond motifs is 1. The van der Waals surface area contributed by atoms with E-state index in [1.807, 2.05) is 30.3 Å². The van der Waals surface area contributed by atoms with Crippen molar-refractivity contribution >= 4 is 23.1 Å². The number of likely N-dealkylation sites (tertiary alicyclic amines) is 1. The van der Waals surface area contributed by atoms with Crippen molar-refractivity contribution in [2.24, 2.45) is 0 Å². The third-order valence-corrected chi connectivity index (χ3v) is 4.61. The van der Waals surface area contributed by atoms with Gasteiger partial charge in [-0.2, -0.15) is 5.10 Å². The summed E-state index contributed by atoms with van der Waals surface area (Å²) in [5.74, 6) is 0.121. The van der Waals surface area contributed by atoms with Gasteiger partial charge in [-0.05, 0) is 30.3 Å². The van der Waals surface area contributed by atoms with Crippen molar-refractivity contribution in [3.05, 3.63) is 67.6 Å². The van der Waals surface area contributed by atoms with Crippen LogP contribution in [0.1, 0.15) is 6.42 Å². The van der Waals surface area contributed by atoms with Crippen molar-refractivity contribution in [1.82, 2.24) is 19.5 Å². The number of carbonyl (C=O) groups excluding carboxylic acids is 2. The summed E-state index contributed by atoms with van der Waals surface area (Å²) in [6, 6.07) is 12.2. The maximum atomic E-state index is 12.9. The molecule has 0 saturated carbocycles. The van der Waals surface area contributed by atoms with Crippen LogP contribution in [0.5, 0.6) is 5.75 Å². The summed E-state index contributed by atoms with van der Waals surface area (Å²) in [4.78, 5) is 30.7. The van der Waals surface area contributed by atoms with Gasteiger partial charge in [-0.1, -0.05) is 24.8 Å². The van der Waals surface area contributed by atoms with E-state index in [0.717, 1.165) is 0 Å². The van der Waals surface area contributed by atoms with Gasteiger partial charge in [-0.15, -0.1) is 0 Å². The summed E-state index contributed by atoms with van der Waals surface area (Å²) in [7, 11) is 0. The van der Waals surface area contributed by atoms with Crippen LogP contribution in [0.15, 0.2) is 67.6 Å². The Labute approximate surface area is 161 Å². The number of pyridine rings is 1. The minimum atomic E-state index is -0.648. The zero-order valence-corrected chi connectivity index (χ0v) is 15.1. The highest BCUT2D eigenvalue weighted by atomic mass is 16.5. The fourth-order valence-corrected chi connectivity index (χ4v) is 3.30. The second-order valence-electron chi connectivity index (χ2n) is 6.47. The number of benzene rings is 1. The fourth-order valence-electron chi connectivity index (χ4n) is 3.30. The highest BCUT2D eigenvalue weighted by molar-refractivity contribution is 5.99. The minimum absolute atomic E-state index is 0.278. The van der Waals surface area contributed by atoms with Crippen molar-refractivity contribution < 1.29 is 14.3 Å². The molecule has 1 aromatic carbocycles. The Morgan fingerprint density at radius 2 is 2.04 bits per heavy atom. The van der Waals surface area contributed by atoms with Gasteiger partial charge >= 0.3 is 0 Å². The molecule has 0 aliphatic carbocycles. The maximum Gasteiger partial charge on any atom is 0.247 e. The van der Waals surface area contributed by atoms with E-state index in [9.17, 15) is 9.59 Å². The summed E-state index contributed by atoms with van der Waals surface area (Å²) in [6.07, 6.45) is 4.44. The first-order chi connectivity index (χ1) is 13.6. The Morgan fingerprint density at radius 1 is 1.21 bits per heavy atom. The van der Waals surface area contributed by atoms with Crippen LogP contribution in [0.2, 0.25) is 0 Å². The quantitative estimate of drug-likeness (QED) is 0.686. The second kappa shape index (κ2) is 7.51. The zero-order valence-electron chi connectivity index (χ0n) is 15.1. The molecule has 28 heavy (non-hydrogen) atoms. The monoisotopic (exact) mass is 377 g/mol. The maximum absolute atomic E-state index is 12.9. The van der Waals surface area contributed by atoms with Gasteiger partial charge in [0.1, 0.15) is 24.2 Å². The molecule has 3 heterocycles. The van der Waals surface area contributed by atoms with E-state index in [2.05, 4.69) is 22.0 Å². The lowest BCUT2D eigenvalue weighted by Crippen LogP contribution is -2.42. The topological polar surface area (TPSA) is 88.8 Å². The molecule has 1 saturated heterocycles. The van der Waals surface area contributed by atoms with Gasteiger partial charge in [0.25, 0.3) is 0 Å². The van der Waals surface area contributed by atoms with Crippen molar-refractivity contribution in [2.75, 3.05) is 11.9 Å². The van der Waals surface area contributed by atoms with Crippen molar-refractivity contribution in [2.45, 2.75) is 18.6 Å². The molecule has 1 aliphatic heterocycles. The van der Waals surface area contributed by atoms with Crippen LogP contribution in [0.25, 0.3) is 5.65 Å². The van der Waals surface area contributed by atoms with Crippen molar-refractivity contribution in [3.8, 4) is 5.75 Å². The van der Waals surface area contributed by atoms with Crippen LogP contribution in [0.4, 0.5) is 5.69 Å². The van der Waals surface area contributed by atoms with E-state index in [4.69, 9.17) is 4.74 Å². The van der Waals surface area contributed by atoms with Gasteiger partial charge in [-0.25, -0.2) is 9.50 Å². The minimum Gasteiger partial charge on any atom is -0.488 e. The lowest BCUT2D eigenvalue weighted by atomic mass is 10.1. The molecule has 1 aliphatic rings. The molecule has 2 amide bonds. The first-order valence-electron chi connectivity index (χ1n) is 8.89. The Balaban J connectivity index is 1.50. The number of nitrogens with zero attached hydrogens (tertiary/aromatic N) is 4. The highest BCUT2D eigenvalue weighted by Crippen LogP contribution is 2.24. The molecule has 142 valence electrons. The smallest absolute Gasteiger partial charge is 0.247 e. The van der Waals surface area contributed by atoms with Gasteiger partial charge in [0, 0.05) is 6.42 Å². The van der Waals surface area contributed by atoms with Crippen LogP contribution in [-0.4, -0.2) is 50.0 Å². The van der Waals surface area contributed by atoms with E-state index >= 15 is 0 Å². The predicted octanol–water partition coefficient (Wildman–Crippen LogP) is 1.90. The third-order valence-electron chi connectivity index (χ3n) is 4.61. The summed E-state index contributed by atoms with van der Waals surface area (Å²) in [6.45, 7) is 3.86. The van der Waals surface area contributed by atoms with Crippen LogP contribution in [-0.2, 0) is 9.59 Å². The van der Waals surface area contributed by atoms with Gasteiger partial charge in [0.2, 0.25) is 11.8 Å². The lowest BCUT2D eigenvalue weighted by molar-refractivity contribution is -0.132. The van der Waals surface area contributed by atoms with Crippen LogP contribution >= 0.6 is 0 Å². The van der Waals surface area contributed by atoms with Gasteiger partial charge in [0.15, 0.2) is 5.65 Å². The Kier molecular flexibility index (Phi) is 4.76. The van der Waals surface area contributed by atoms with E-state index in [-0.39, 0.29) is 17.9 Å². The Bertz CT molecular complexity index is 1020. The molecule has 0 bridgehead atoms. The zero-order chi connectivity index (χ0) is 19.5. The lowest BCUT2D eigenvalue weighted by Gasteiger charge is -2.22. The van der Waals surface area contributed by atoms with Crippen LogP contribution in [0.3, 0.4) is 0 Å². The molecule has 8 nitrogen and oxygen atoms in total. The van der Waals surface area contributed by atoms with Crippen LogP contribution in [0, 0.1) is 0 Å². The Hall–Kier alpha value is -3.68. The molecule has 8 heteroatoms. The number of hydrogen-bond donors (Lipinski definition) is 1. The van der Waals surface area contributed by atoms with E-state index in [1.54, 1.807) is 22.8 Å². The normalized spacial score (nSPS) is 18.8. The summed E-state index contributed by atoms with van der Waals surface area (Å²) in [5.41, 5.74) is 1.25. The standard InChI is InChI=1S/C20H19N5O3/c1-2-19(26)24-12-16(28-15-6-4-3-5-7-15)10-17(24)20(27)23-14-8-9-18-21-13-22-25(18)11-14/h2-9,11,13,16-17H,1,10,12H2,(H,23,27)/t16-,17-/m0/s1. The molecule has 2 aromatic heterocycles. The van der Waals surface area contributed by atoms with E-state index in [1.165, 1.54) is 17.3 Å². The molecular formula is C20H19N5O3. The molecule has 0 spiro atoms. The summed E-state index contributed by atoms with van der Waals surface area (Å²) in [5, 5.41) is 6.90. The SMILES string of the molecule is C=CC(=O)N1C[C@@H](Oc2ccccc2)C[C@H]1C(=O)Nc1ccc2ncnn2c1. The van der Waals surface area contributed by atoms with Crippen molar-refractivity contribution in [3.63, 3.8) is 0 Å². The molecule has 3 aromatic rings. The van der Waals surface area contributed by atoms with Crippen LogP contribution < -0.4 is 10.1 Å². The largest absolute Gasteiger partial charge is 0.488 e. The summed E-state index contributed by atoms with van der Waals surface area (Å²) < 4.78 is 7.52. The number of nitrogens with one attached hydrogen (secondary N) is 1. The van der Waals surface area contributed by atoms with Gasteiger partial charge in [0.05, 0.1) is 18.4 Å². The number of hydrogen-bond acceptors (Lipinski definition) is 5. The Morgan fingerprint density at radius 3 is 2.82 bits per heavy atom. The number of aromatic nitrogens is 3. The predicted molar refractivity (Wildman–Crippen MR) is 103 cm³/mol. The second-order valence-corrected chi connectivity index (χ2v) is 6.47. The summed E-state index contributed by atoms with van der Waals surface area (Å²) >= 11 is 0. The number of ether oxygens (including phenoxy) is 1. The van der Waals surface area contributed by atoms with E-state index < -0.39 is 6.04 Å². The average Bonchev–Trinajstić information content (AvgIpc) is 3.34. The molecule has 0 radical (unpaired) electrons. The third kappa shape index (κ3) is 3.57. The first kappa shape index (κ1) is 17.7. The molecular weight excluding hydrogens is 358 g/mol. The van der Waals surface area contributed by atoms with E-state index in [0.29, 0.717) is 30.0 Å².